The monoisotopic (exact) mass is 901 g/mol. The number of aryl methyl sites for hydroxylation is 1. The molecule has 0 aliphatic carbocycles. The Labute approximate surface area is 353 Å². The van der Waals surface area contributed by atoms with E-state index in [-0.39, 0.29) is 27.3 Å². The van der Waals surface area contributed by atoms with Crippen molar-refractivity contribution in [3.8, 4) is 0 Å². The molecule has 2 nitrogen and oxygen atoms in total. The summed E-state index contributed by atoms with van der Waals surface area (Å²) in [6.07, 6.45) is -0.238. The summed E-state index contributed by atoms with van der Waals surface area (Å²) in [7, 11) is 10.0. The second-order valence-corrected chi connectivity index (χ2v) is 20.2. The SMILES string of the molecule is CN([C@@H](c1ccccc1)[C@H](OP(c1ccccc1)c1ccccc1)c1ccccc1)P(c1ccccc1)c1ccccc1.Cc1ccc(C(C)C)cc1.[Cl][Ru][Cl]. The first-order valence-electron chi connectivity index (χ1n) is 18.6. The molecule has 0 fully saturated rings. The average molecular weight is 902 g/mol. The fourth-order valence-corrected chi connectivity index (χ4v) is 10.7. The molecule has 0 aliphatic heterocycles. The molecule has 0 aromatic heterocycles. The zero-order valence-electron chi connectivity index (χ0n) is 32.2. The van der Waals surface area contributed by atoms with Gasteiger partial charge in [0.1, 0.15) is 6.10 Å². The Morgan fingerprint density at radius 2 is 0.804 bits per heavy atom. The van der Waals surface area contributed by atoms with Crippen LogP contribution in [0.5, 0.6) is 0 Å². The van der Waals surface area contributed by atoms with Gasteiger partial charge in [-0.05, 0) is 47.2 Å². The Hall–Kier alpha value is -3.48. The number of rotatable bonds is 12. The van der Waals surface area contributed by atoms with Gasteiger partial charge in [0.15, 0.2) is 0 Å². The third-order valence-electron chi connectivity index (χ3n) is 9.22. The standard InChI is InChI=1S/C39H35NOP2.C10H14.2ClH.Ru/c1-40(42(34-24-12-4-13-25-34)35-26-14-5-15-27-35)38(32-20-8-2-9-21-32)39(33-22-10-3-11-23-33)41-43(36-28-16-6-17-29-36)37-30-18-7-19-31-37;1-8(2)10-6-4-9(3)5-7-10;;;/h2-31,38-39H,1H3;4-8H,1-3H3;2*1H;/q;;;;+2/p-2/t38-,39+;;;;/m0..../s1. The summed E-state index contributed by atoms with van der Waals surface area (Å²) in [5.41, 5.74) is 5.16. The molecular weight excluding hydrogens is 852 g/mol. The molecule has 0 amide bonds. The summed E-state index contributed by atoms with van der Waals surface area (Å²) < 4.78 is 10.1. The molecule has 0 heterocycles. The van der Waals surface area contributed by atoms with Crippen LogP contribution >= 0.6 is 35.6 Å². The number of likely N-dealkylation sites (N-methyl/N-ethyl adjacent to an activating group) is 1. The van der Waals surface area contributed by atoms with Crippen LogP contribution in [0, 0.1) is 6.92 Å². The second kappa shape index (κ2) is 23.7. The number of halogens is 2. The number of benzene rings is 7. The van der Waals surface area contributed by atoms with Gasteiger partial charge in [0.2, 0.25) is 0 Å². The molecule has 56 heavy (non-hydrogen) atoms. The van der Waals surface area contributed by atoms with Gasteiger partial charge in [-0.15, -0.1) is 0 Å². The number of nitrogens with zero attached hydrogens (tertiary/aromatic N) is 1. The Morgan fingerprint density at radius 3 is 1.18 bits per heavy atom. The van der Waals surface area contributed by atoms with Crippen LogP contribution in [0.1, 0.15) is 54.2 Å². The zero-order chi connectivity index (χ0) is 39.5. The molecule has 7 rings (SSSR count). The van der Waals surface area contributed by atoms with Gasteiger partial charge in [0.25, 0.3) is 0 Å². The molecule has 7 heteroatoms. The summed E-state index contributed by atoms with van der Waals surface area (Å²) >= 11 is -0.346. The Kier molecular flexibility index (Phi) is 18.5. The van der Waals surface area contributed by atoms with Crippen LogP contribution < -0.4 is 21.2 Å². The van der Waals surface area contributed by atoms with Crippen molar-refractivity contribution >= 4 is 56.8 Å². The molecule has 0 saturated heterocycles. The van der Waals surface area contributed by atoms with Crippen LogP contribution in [0.4, 0.5) is 0 Å². The first-order valence-corrected chi connectivity index (χ1v) is 25.7. The Bertz CT molecular complexity index is 2000. The summed E-state index contributed by atoms with van der Waals surface area (Å²) in [6, 6.07) is 73.5. The first kappa shape index (κ1) is 43.6. The second-order valence-electron chi connectivity index (χ2n) is 13.4. The van der Waals surface area contributed by atoms with Crippen LogP contribution in [0.2, 0.25) is 0 Å². The zero-order valence-corrected chi connectivity index (χ0v) is 37.3. The van der Waals surface area contributed by atoms with Crippen molar-refractivity contribution in [2.24, 2.45) is 0 Å². The van der Waals surface area contributed by atoms with Crippen LogP contribution in [0.15, 0.2) is 206 Å². The van der Waals surface area contributed by atoms with Gasteiger partial charge in [-0.25, -0.2) is 0 Å². The van der Waals surface area contributed by atoms with Crippen molar-refractivity contribution in [3.05, 3.63) is 229 Å². The summed E-state index contributed by atoms with van der Waals surface area (Å²) in [4.78, 5) is 0. The fourth-order valence-electron chi connectivity index (χ4n) is 6.42. The normalized spacial score (nSPS) is 12.1. The quantitative estimate of drug-likeness (QED) is 0.0895. The van der Waals surface area contributed by atoms with Crippen molar-refractivity contribution in [1.29, 1.82) is 0 Å². The predicted octanol–water partition coefficient (Wildman–Crippen LogP) is 13.0. The van der Waals surface area contributed by atoms with Crippen molar-refractivity contribution in [2.45, 2.75) is 38.8 Å². The van der Waals surface area contributed by atoms with E-state index in [9.17, 15) is 0 Å². The molecule has 0 saturated carbocycles. The summed E-state index contributed by atoms with van der Waals surface area (Å²) in [6.45, 7) is 6.54. The van der Waals surface area contributed by atoms with Crippen molar-refractivity contribution in [1.82, 2.24) is 4.67 Å². The number of hydrogen-bond acceptors (Lipinski definition) is 2. The van der Waals surface area contributed by atoms with E-state index in [0.717, 1.165) is 0 Å². The molecule has 0 bridgehead atoms. The molecular formula is C49H49Cl2NOP2Ru. The summed E-state index contributed by atoms with van der Waals surface area (Å²) in [5, 5.41) is 5.03. The molecule has 0 spiro atoms. The van der Waals surface area contributed by atoms with E-state index in [2.05, 4.69) is 239 Å². The van der Waals surface area contributed by atoms with Gasteiger partial charge in [-0.1, -0.05) is 226 Å². The van der Waals surface area contributed by atoms with E-state index in [1.165, 1.54) is 43.5 Å². The first-order chi connectivity index (χ1) is 27.4. The van der Waals surface area contributed by atoms with Crippen LogP contribution in [0.25, 0.3) is 0 Å². The number of hydrogen-bond donors (Lipinski definition) is 0. The minimum absolute atomic E-state index is 0.0625. The van der Waals surface area contributed by atoms with E-state index in [4.69, 9.17) is 23.9 Å². The molecule has 0 radical (unpaired) electrons. The van der Waals surface area contributed by atoms with E-state index in [1.807, 2.05) is 0 Å². The third kappa shape index (κ3) is 12.8. The van der Waals surface area contributed by atoms with E-state index in [0.29, 0.717) is 5.92 Å². The van der Waals surface area contributed by atoms with Gasteiger partial charge in [0, 0.05) is 18.7 Å². The van der Waals surface area contributed by atoms with Crippen LogP contribution in [-0.2, 0) is 19.7 Å². The van der Waals surface area contributed by atoms with Crippen molar-refractivity contribution in [3.63, 3.8) is 0 Å². The van der Waals surface area contributed by atoms with Crippen LogP contribution in [-0.4, -0.2) is 11.7 Å². The molecule has 0 unspecified atom stereocenters. The Morgan fingerprint density at radius 1 is 0.464 bits per heavy atom. The fraction of sp³-hybridized carbons (Fsp3) is 0.143. The predicted molar refractivity (Wildman–Crippen MR) is 242 cm³/mol. The van der Waals surface area contributed by atoms with Crippen molar-refractivity contribution < 1.29 is 19.7 Å². The van der Waals surface area contributed by atoms with E-state index < -0.39 is 16.2 Å². The molecule has 288 valence electrons. The van der Waals surface area contributed by atoms with Gasteiger partial charge in [0.05, 0.1) is 14.2 Å². The topological polar surface area (TPSA) is 12.5 Å². The minimum atomic E-state index is -1.11. The van der Waals surface area contributed by atoms with Gasteiger partial charge >= 0.3 is 34.5 Å². The maximum atomic E-state index is 7.50. The molecule has 0 N–H and O–H groups in total. The molecule has 7 aromatic rings. The Balaban J connectivity index is 0.000000395. The van der Waals surface area contributed by atoms with E-state index >= 15 is 0 Å². The van der Waals surface area contributed by atoms with E-state index in [1.54, 1.807) is 0 Å². The molecule has 2 atom stereocenters. The van der Waals surface area contributed by atoms with Crippen LogP contribution in [0.3, 0.4) is 0 Å². The average Bonchev–Trinajstić information content (AvgIpc) is 3.25. The van der Waals surface area contributed by atoms with Gasteiger partial charge in [-0.2, -0.15) is 0 Å². The molecule has 0 aliphatic rings. The van der Waals surface area contributed by atoms with Gasteiger partial charge in [-0.3, -0.25) is 4.67 Å². The van der Waals surface area contributed by atoms with Crippen molar-refractivity contribution in [2.75, 3.05) is 7.05 Å². The maximum absolute atomic E-state index is 7.50. The van der Waals surface area contributed by atoms with Gasteiger partial charge < -0.3 is 4.52 Å². The molecule has 7 aromatic carbocycles. The summed E-state index contributed by atoms with van der Waals surface area (Å²) in [5.74, 6) is 0.653. The third-order valence-corrected chi connectivity index (χ3v) is 13.6.